The normalized spacial score (nSPS) is 12.4. The van der Waals surface area contributed by atoms with E-state index in [4.69, 9.17) is 0 Å². The van der Waals surface area contributed by atoms with E-state index >= 15 is 0 Å². The second kappa shape index (κ2) is 7.65. The number of quaternary nitrogens is 1. The molecule has 0 aliphatic heterocycles. The molecule has 0 unspecified atom stereocenters. The van der Waals surface area contributed by atoms with Gasteiger partial charge >= 0.3 is 5.97 Å². The van der Waals surface area contributed by atoms with Crippen molar-refractivity contribution in [1.82, 2.24) is 9.05 Å². The van der Waals surface area contributed by atoms with Crippen molar-refractivity contribution >= 4 is 49.2 Å². The number of fused-ring (bicyclic) bond motifs is 3. The van der Waals surface area contributed by atoms with Crippen LogP contribution in [-0.4, -0.2) is 52.3 Å². The molecule has 0 bridgehead atoms. The number of hydrogen-bond acceptors (Lipinski definition) is 3. The number of para-hydroxylation sites is 1. The minimum absolute atomic E-state index is 0.171. The number of aliphatic carboxylic acids is 1. The van der Waals surface area contributed by atoms with Crippen LogP contribution in [0, 0.1) is 0 Å². The van der Waals surface area contributed by atoms with Gasteiger partial charge in [-0.05, 0) is 36.4 Å². The molecule has 1 aromatic heterocycles. The molecule has 0 fully saturated rings. The number of rotatable bonds is 6. The molecule has 0 spiro atoms. The van der Waals surface area contributed by atoms with Gasteiger partial charge in [0.2, 0.25) is 0 Å². The largest absolute Gasteiger partial charge is 0.480 e. The van der Waals surface area contributed by atoms with Gasteiger partial charge in [0.05, 0.1) is 31.7 Å². The van der Waals surface area contributed by atoms with E-state index in [0.717, 1.165) is 27.5 Å². The number of sulfonamides is 1. The van der Waals surface area contributed by atoms with Gasteiger partial charge in [-0.25, -0.2) is 8.42 Å². The average molecular weight is 453 g/mol. The summed E-state index contributed by atoms with van der Waals surface area (Å²) >= 11 is 0. The van der Waals surface area contributed by atoms with E-state index in [1.54, 1.807) is 34.9 Å². The number of carbonyl (C=O) groups is 1. The first kappa shape index (κ1) is 21.9. The second-order valence-electron chi connectivity index (χ2n) is 8.68. The molecule has 1 heterocycles. The fourth-order valence-electron chi connectivity index (χ4n) is 3.91. The molecule has 3 aromatic carbocycles. The molecule has 0 atom stereocenters. The molecule has 7 nitrogen and oxygen atoms in total. The molecule has 4 rings (SSSR count). The van der Waals surface area contributed by atoms with Crippen molar-refractivity contribution in [2.24, 2.45) is 0 Å². The predicted octanol–water partition coefficient (Wildman–Crippen LogP) is 3.90. The molecule has 0 aliphatic carbocycles. The van der Waals surface area contributed by atoms with E-state index in [0.29, 0.717) is 10.2 Å². The zero-order valence-corrected chi connectivity index (χ0v) is 19.3. The van der Waals surface area contributed by atoms with Gasteiger partial charge in [-0.3, -0.25) is 13.6 Å². The molecule has 166 valence electrons. The smallest absolute Gasteiger partial charge is 0.323 e. The van der Waals surface area contributed by atoms with E-state index in [1.807, 2.05) is 57.5 Å². The van der Waals surface area contributed by atoms with Gasteiger partial charge in [-0.2, -0.15) is 0 Å². The number of carboxylic acid groups (broad SMARTS) is 1. The van der Waals surface area contributed by atoms with Crippen molar-refractivity contribution < 1.29 is 18.3 Å². The van der Waals surface area contributed by atoms with E-state index in [1.165, 1.54) is 11.4 Å². The number of benzene rings is 3. The van der Waals surface area contributed by atoms with Gasteiger partial charge in [0.25, 0.3) is 10.0 Å². The number of anilines is 1. The molecular formula is C24H26N3O4S+. The standard InChI is InChI=1S/C24H25N3O4S/c1-25(32(30,31)19-12-10-18(11-13-19)27(2,3)4)17-9-14-23-21(15-17)20-7-5-6-8-22(20)26(23)16-24(28)29/h5-15H,16H2,1-4H3/p+1. The average Bonchev–Trinajstić information content (AvgIpc) is 3.05. The molecule has 0 amide bonds. The van der Waals surface area contributed by atoms with Gasteiger partial charge in [-0.15, -0.1) is 0 Å². The Morgan fingerprint density at radius 2 is 1.56 bits per heavy atom. The van der Waals surface area contributed by atoms with Crippen LogP contribution in [0.3, 0.4) is 0 Å². The Morgan fingerprint density at radius 1 is 0.938 bits per heavy atom. The monoisotopic (exact) mass is 452 g/mol. The second-order valence-corrected chi connectivity index (χ2v) is 10.6. The fraction of sp³-hybridized carbons (Fsp3) is 0.208. The highest BCUT2D eigenvalue weighted by Crippen LogP contribution is 2.33. The van der Waals surface area contributed by atoms with Crippen LogP contribution in [0.2, 0.25) is 0 Å². The summed E-state index contributed by atoms with van der Waals surface area (Å²) in [4.78, 5) is 11.6. The Bertz CT molecular complexity index is 1430. The number of nitrogens with zero attached hydrogens (tertiary/aromatic N) is 3. The Hall–Kier alpha value is -3.36. The molecule has 8 heteroatoms. The van der Waals surface area contributed by atoms with Gasteiger partial charge in [-0.1, -0.05) is 18.2 Å². The van der Waals surface area contributed by atoms with E-state index in [9.17, 15) is 18.3 Å². The lowest BCUT2D eigenvalue weighted by Gasteiger charge is -2.24. The third-order valence-electron chi connectivity index (χ3n) is 5.68. The molecular weight excluding hydrogens is 426 g/mol. The van der Waals surface area contributed by atoms with Crippen LogP contribution >= 0.6 is 0 Å². The quantitative estimate of drug-likeness (QED) is 0.450. The molecule has 0 aliphatic rings. The summed E-state index contributed by atoms with van der Waals surface area (Å²) in [7, 11) is 3.82. The van der Waals surface area contributed by atoms with Gasteiger partial charge in [0.15, 0.2) is 0 Å². The summed E-state index contributed by atoms with van der Waals surface area (Å²) in [6, 6.07) is 19.7. The number of aromatic nitrogens is 1. The molecule has 1 N–H and O–H groups in total. The van der Waals surface area contributed by atoms with Crippen LogP contribution in [0.15, 0.2) is 71.6 Å². The van der Waals surface area contributed by atoms with Gasteiger partial charge < -0.3 is 9.67 Å². The maximum atomic E-state index is 13.3. The summed E-state index contributed by atoms with van der Waals surface area (Å²) < 4.78 is 30.1. The Balaban J connectivity index is 1.79. The number of hydrogen-bond donors (Lipinski definition) is 1. The summed E-state index contributed by atoms with van der Waals surface area (Å²) in [6.45, 7) is -0.171. The van der Waals surface area contributed by atoms with E-state index < -0.39 is 16.0 Å². The summed E-state index contributed by atoms with van der Waals surface area (Å²) in [6.07, 6.45) is 0. The van der Waals surface area contributed by atoms with Gasteiger partial charge in [0, 0.05) is 41.0 Å². The summed E-state index contributed by atoms with van der Waals surface area (Å²) in [5.74, 6) is -0.936. The lowest BCUT2D eigenvalue weighted by molar-refractivity contribution is -0.137. The van der Waals surface area contributed by atoms with Crippen molar-refractivity contribution in [2.75, 3.05) is 32.5 Å². The van der Waals surface area contributed by atoms with Crippen LogP contribution in [0.1, 0.15) is 0 Å². The minimum Gasteiger partial charge on any atom is -0.480 e. The highest BCUT2D eigenvalue weighted by atomic mass is 32.2. The highest BCUT2D eigenvalue weighted by Gasteiger charge is 2.24. The lowest BCUT2D eigenvalue weighted by Crippen LogP contribution is -2.34. The predicted molar refractivity (Wildman–Crippen MR) is 129 cm³/mol. The molecule has 0 saturated heterocycles. The third kappa shape index (κ3) is 3.72. The van der Waals surface area contributed by atoms with Crippen molar-refractivity contribution in [3.63, 3.8) is 0 Å². The zero-order valence-electron chi connectivity index (χ0n) is 18.5. The van der Waals surface area contributed by atoms with E-state index in [2.05, 4.69) is 0 Å². The maximum absolute atomic E-state index is 13.3. The first-order valence-corrected chi connectivity index (χ1v) is 11.6. The number of carboxylic acids is 1. The summed E-state index contributed by atoms with van der Waals surface area (Å²) in [5, 5.41) is 11.0. The van der Waals surface area contributed by atoms with Crippen molar-refractivity contribution in [1.29, 1.82) is 0 Å². The van der Waals surface area contributed by atoms with Crippen molar-refractivity contribution in [3.8, 4) is 0 Å². The van der Waals surface area contributed by atoms with Crippen LogP contribution in [0.4, 0.5) is 11.4 Å². The molecule has 4 aromatic rings. The first-order chi connectivity index (χ1) is 15.0. The lowest BCUT2D eigenvalue weighted by atomic mass is 10.1. The molecule has 32 heavy (non-hydrogen) atoms. The Kier molecular flexibility index (Phi) is 5.22. The Labute approximate surface area is 187 Å². The van der Waals surface area contributed by atoms with E-state index in [-0.39, 0.29) is 11.4 Å². The first-order valence-electron chi connectivity index (χ1n) is 10.1. The fourth-order valence-corrected chi connectivity index (χ4v) is 5.09. The van der Waals surface area contributed by atoms with Gasteiger partial charge in [0.1, 0.15) is 12.2 Å². The maximum Gasteiger partial charge on any atom is 0.323 e. The van der Waals surface area contributed by atoms with Crippen LogP contribution < -0.4 is 8.79 Å². The van der Waals surface area contributed by atoms with Crippen LogP contribution in [0.25, 0.3) is 21.8 Å². The van der Waals surface area contributed by atoms with Crippen molar-refractivity contribution in [3.05, 3.63) is 66.7 Å². The van der Waals surface area contributed by atoms with Crippen molar-refractivity contribution in [2.45, 2.75) is 11.4 Å². The highest BCUT2D eigenvalue weighted by molar-refractivity contribution is 7.92. The van der Waals surface area contributed by atoms with Crippen LogP contribution in [0.5, 0.6) is 0 Å². The zero-order chi connectivity index (χ0) is 23.3. The minimum atomic E-state index is -3.76. The SMILES string of the molecule is CN(c1ccc2c(c1)c1ccccc1n2CC(=O)O)S(=O)(=O)c1ccc([N+](C)(C)C)cc1. The summed E-state index contributed by atoms with van der Waals surface area (Å²) in [5.41, 5.74) is 3.05. The topological polar surface area (TPSA) is 79.6 Å². The van der Waals surface area contributed by atoms with Crippen LogP contribution in [-0.2, 0) is 21.4 Å². The molecule has 0 saturated carbocycles. The molecule has 0 radical (unpaired) electrons. The Morgan fingerprint density at radius 3 is 2.19 bits per heavy atom. The third-order valence-corrected chi connectivity index (χ3v) is 7.48.